The SMILES string of the molecule is N#Cc1c(N)nc2c(c1N)[C@@H](c1cccc([N+](=O)[O-])c1)C1=C(CCCC1=O)N2c1sc2c(c1C#N)CCCC2. The van der Waals surface area contributed by atoms with Crippen molar-refractivity contribution in [3.05, 3.63) is 78.3 Å². The van der Waals surface area contributed by atoms with Gasteiger partial charge in [-0.3, -0.25) is 19.8 Å². The van der Waals surface area contributed by atoms with Crippen molar-refractivity contribution in [2.24, 2.45) is 0 Å². The number of allylic oxidation sites excluding steroid dienone is 2. The average Bonchev–Trinajstić information content (AvgIpc) is 3.30. The van der Waals surface area contributed by atoms with Gasteiger partial charge in [-0.25, -0.2) is 4.98 Å². The molecule has 3 aliphatic rings. The molecule has 3 aromatic rings. The molecule has 3 heterocycles. The minimum absolute atomic E-state index is 0.0116. The molecule has 1 atom stereocenters. The number of ketones is 1. The van der Waals surface area contributed by atoms with E-state index in [1.54, 1.807) is 12.1 Å². The van der Waals surface area contributed by atoms with Crippen LogP contribution in [0.15, 0.2) is 35.5 Å². The number of rotatable bonds is 3. The van der Waals surface area contributed by atoms with Gasteiger partial charge in [0.05, 0.1) is 16.2 Å². The lowest BCUT2D eigenvalue weighted by molar-refractivity contribution is -0.384. The van der Waals surface area contributed by atoms with E-state index in [-0.39, 0.29) is 28.5 Å². The lowest BCUT2D eigenvalue weighted by Gasteiger charge is -2.40. The van der Waals surface area contributed by atoms with Crippen molar-refractivity contribution in [2.75, 3.05) is 16.4 Å². The summed E-state index contributed by atoms with van der Waals surface area (Å²) in [5.74, 6) is -0.580. The number of thiophene rings is 1. The number of nitro groups is 1. The van der Waals surface area contributed by atoms with Crippen LogP contribution in [0.5, 0.6) is 0 Å². The second kappa shape index (κ2) is 9.22. The predicted octanol–water partition coefficient (Wildman–Crippen LogP) is 5.13. The number of non-ortho nitro benzene ring substituents is 1. The summed E-state index contributed by atoms with van der Waals surface area (Å²) in [7, 11) is 0. The minimum atomic E-state index is -0.778. The van der Waals surface area contributed by atoms with E-state index in [4.69, 9.17) is 11.5 Å². The van der Waals surface area contributed by atoms with Crippen molar-refractivity contribution < 1.29 is 9.72 Å². The van der Waals surface area contributed by atoms with Crippen molar-refractivity contribution in [2.45, 2.75) is 50.9 Å². The Labute approximate surface area is 227 Å². The third-order valence-corrected chi connectivity index (χ3v) is 9.04. The number of pyridine rings is 1. The molecular formula is C28H23N7O3S. The number of hydrogen-bond donors (Lipinski definition) is 2. The molecule has 1 aromatic carbocycles. The van der Waals surface area contributed by atoms with Gasteiger partial charge in [0.25, 0.3) is 5.69 Å². The smallest absolute Gasteiger partial charge is 0.269 e. The van der Waals surface area contributed by atoms with Crippen molar-refractivity contribution >= 4 is 45.1 Å². The third-order valence-electron chi connectivity index (χ3n) is 7.76. The highest BCUT2D eigenvalue weighted by Gasteiger charge is 2.44. The number of carbonyl (C=O) groups is 1. The number of carbonyl (C=O) groups excluding carboxylic acids is 1. The van der Waals surface area contributed by atoms with E-state index in [1.165, 1.54) is 23.5 Å². The molecular weight excluding hydrogens is 514 g/mol. The second-order valence-corrected chi connectivity index (χ2v) is 11.0. The maximum absolute atomic E-state index is 13.7. The van der Waals surface area contributed by atoms with Crippen LogP contribution in [0.1, 0.15) is 70.7 Å². The topological polar surface area (TPSA) is 176 Å². The summed E-state index contributed by atoms with van der Waals surface area (Å²) in [5.41, 5.74) is 16.4. The maximum atomic E-state index is 13.7. The molecule has 194 valence electrons. The summed E-state index contributed by atoms with van der Waals surface area (Å²) >= 11 is 1.52. The number of aryl methyl sites for hydroxylation is 1. The van der Waals surface area contributed by atoms with E-state index in [2.05, 4.69) is 11.1 Å². The van der Waals surface area contributed by atoms with Crippen molar-refractivity contribution in [1.29, 1.82) is 10.5 Å². The first-order chi connectivity index (χ1) is 18.8. The van der Waals surface area contributed by atoms with Gasteiger partial charge in [-0.15, -0.1) is 11.3 Å². The number of anilines is 4. The van der Waals surface area contributed by atoms with Crippen LogP contribution < -0.4 is 16.4 Å². The number of nitrogen functional groups attached to an aromatic ring is 2. The van der Waals surface area contributed by atoms with Crippen LogP contribution in [0.25, 0.3) is 0 Å². The highest BCUT2D eigenvalue weighted by Crippen LogP contribution is 2.55. The van der Waals surface area contributed by atoms with Crippen LogP contribution in [0.3, 0.4) is 0 Å². The largest absolute Gasteiger partial charge is 0.397 e. The monoisotopic (exact) mass is 537 g/mol. The van der Waals surface area contributed by atoms with Crippen molar-refractivity contribution in [3.8, 4) is 12.1 Å². The van der Waals surface area contributed by atoms with Gasteiger partial charge in [0.1, 0.15) is 34.3 Å². The Kier molecular flexibility index (Phi) is 5.82. The zero-order chi connectivity index (χ0) is 27.4. The molecule has 0 spiro atoms. The van der Waals surface area contributed by atoms with Crippen molar-refractivity contribution in [3.63, 3.8) is 0 Å². The molecule has 0 saturated heterocycles. The number of fused-ring (bicyclic) bond motifs is 2. The van der Waals surface area contributed by atoms with Crippen LogP contribution in [0.4, 0.5) is 28.0 Å². The molecule has 0 amide bonds. The Morgan fingerprint density at radius 1 is 1.08 bits per heavy atom. The zero-order valence-corrected chi connectivity index (χ0v) is 21.7. The Morgan fingerprint density at radius 2 is 1.85 bits per heavy atom. The van der Waals surface area contributed by atoms with Crippen LogP contribution in [0, 0.1) is 32.8 Å². The van der Waals surface area contributed by atoms with Gasteiger partial charge in [0, 0.05) is 46.2 Å². The fraction of sp³-hybridized carbons (Fsp3) is 0.286. The standard InChI is InChI=1S/C28H23N7O3S/c29-12-17-16-7-1-2-10-21(16)39-28(17)34-19-8-4-9-20(36)23(19)22(14-5-3-6-15(11-14)35(37)38)24-25(31)18(13-30)26(32)33-27(24)34/h3,5-6,11,22H,1-2,4,7-10H2,(H4,31,32,33)/t22-/m0/s1. The summed E-state index contributed by atoms with van der Waals surface area (Å²) in [6.45, 7) is 0. The first-order valence-electron chi connectivity index (χ1n) is 12.7. The number of nitriles is 2. The Balaban J connectivity index is 1.72. The molecule has 1 aliphatic heterocycles. The molecule has 0 bridgehead atoms. The van der Waals surface area contributed by atoms with Crippen LogP contribution in [-0.2, 0) is 17.6 Å². The first kappa shape index (κ1) is 24.6. The highest BCUT2D eigenvalue weighted by atomic mass is 32.1. The fourth-order valence-electron chi connectivity index (χ4n) is 6.07. The molecule has 0 fully saturated rings. The number of benzene rings is 1. The Bertz CT molecular complexity index is 1710. The summed E-state index contributed by atoms with van der Waals surface area (Å²) in [6, 6.07) is 10.5. The summed E-state index contributed by atoms with van der Waals surface area (Å²) in [5, 5.41) is 32.4. The first-order valence-corrected chi connectivity index (χ1v) is 13.5. The number of nitrogens with zero attached hydrogens (tertiary/aromatic N) is 5. The fourth-order valence-corrected chi connectivity index (χ4v) is 7.43. The van der Waals surface area contributed by atoms with Crippen LogP contribution in [-0.4, -0.2) is 15.7 Å². The average molecular weight is 538 g/mol. The zero-order valence-electron chi connectivity index (χ0n) is 20.9. The molecule has 11 heteroatoms. The van der Waals surface area contributed by atoms with E-state index in [9.17, 15) is 25.4 Å². The number of Topliss-reactive ketones (excluding diaryl/α,β-unsaturated/α-hetero) is 1. The molecule has 6 rings (SSSR count). The summed E-state index contributed by atoms with van der Waals surface area (Å²) < 4.78 is 0. The van der Waals surface area contributed by atoms with E-state index in [0.29, 0.717) is 58.0 Å². The maximum Gasteiger partial charge on any atom is 0.269 e. The Hall–Kier alpha value is -4.74. The van der Waals surface area contributed by atoms with E-state index >= 15 is 0 Å². The molecule has 0 unspecified atom stereocenters. The van der Waals surface area contributed by atoms with Gasteiger partial charge in [-0.05, 0) is 49.7 Å². The van der Waals surface area contributed by atoms with Crippen LogP contribution in [0.2, 0.25) is 0 Å². The van der Waals surface area contributed by atoms with Gasteiger partial charge in [0.15, 0.2) is 5.78 Å². The van der Waals surface area contributed by atoms with Gasteiger partial charge in [-0.2, -0.15) is 10.5 Å². The number of hydrogen-bond acceptors (Lipinski definition) is 10. The molecule has 2 aliphatic carbocycles. The lowest BCUT2D eigenvalue weighted by Crippen LogP contribution is -2.34. The predicted molar refractivity (Wildman–Crippen MR) is 146 cm³/mol. The lowest BCUT2D eigenvalue weighted by atomic mass is 9.74. The number of nitrogens with two attached hydrogens (primary N) is 2. The minimum Gasteiger partial charge on any atom is -0.397 e. The molecule has 0 radical (unpaired) electrons. The molecule has 4 N–H and O–H groups in total. The Morgan fingerprint density at radius 3 is 2.59 bits per heavy atom. The number of nitro benzene ring substituents is 1. The number of aromatic nitrogens is 1. The quantitative estimate of drug-likeness (QED) is 0.339. The van der Waals surface area contributed by atoms with Gasteiger partial charge in [-0.1, -0.05) is 12.1 Å². The summed E-state index contributed by atoms with van der Waals surface area (Å²) in [6.07, 6.45) is 5.19. The van der Waals surface area contributed by atoms with Gasteiger partial charge in [0.2, 0.25) is 0 Å². The normalized spacial score (nSPS) is 18.1. The summed E-state index contributed by atoms with van der Waals surface area (Å²) in [4.78, 5) is 32.5. The van der Waals surface area contributed by atoms with E-state index < -0.39 is 10.8 Å². The van der Waals surface area contributed by atoms with E-state index in [1.807, 2.05) is 11.0 Å². The third kappa shape index (κ3) is 3.66. The van der Waals surface area contributed by atoms with Crippen molar-refractivity contribution in [1.82, 2.24) is 4.98 Å². The molecule has 2 aromatic heterocycles. The van der Waals surface area contributed by atoms with E-state index in [0.717, 1.165) is 36.1 Å². The highest BCUT2D eigenvalue weighted by molar-refractivity contribution is 7.16. The van der Waals surface area contributed by atoms with Gasteiger partial charge >= 0.3 is 0 Å². The molecule has 0 saturated carbocycles. The molecule has 10 nitrogen and oxygen atoms in total. The molecule has 39 heavy (non-hydrogen) atoms. The van der Waals surface area contributed by atoms with Crippen LogP contribution >= 0.6 is 11.3 Å². The second-order valence-electron chi connectivity index (χ2n) is 9.90. The van der Waals surface area contributed by atoms with Gasteiger partial charge < -0.3 is 11.5 Å².